The Morgan fingerprint density at radius 1 is 0.643 bits per heavy atom. The van der Waals surface area contributed by atoms with Gasteiger partial charge in [-0.1, -0.05) is 52.0 Å². The van der Waals surface area contributed by atoms with Crippen LogP contribution in [0.15, 0.2) is 53.6 Å². The number of hydrogen-bond donors (Lipinski definition) is 7. The number of ether oxygens (including phenoxy) is 11. The van der Waals surface area contributed by atoms with Crippen molar-refractivity contribution in [1.29, 1.82) is 0 Å². The summed E-state index contributed by atoms with van der Waals surface area (Å²) in [5.41, 5.74) is -0.755. The lowest BCUT2D eigenvalue weighted by Crippen LogP contribution is -2.62. The van der Waals surface area contributed by atoms with E-state index in [1.54, 1.807) is 79.2 Å². The Labute approximate surface area is 566 Å². The number of rotatable bonds is 15. The number of phenols is 2. The lowest BCUT2D eigenvalue weighted by Gasteiger charge is -2.49. The molecule has 0 bridgehead atoms. The molecule has 4 aliphatic carbocycles. The summed E-state index contributed by atoms with van der Waals surface area (Å²) in [4.78, 5) is 85.7. The number of carbonyl (C=O) groups excluding carboxylic acids is 6. The number of aliphatic hydroxyl groups is 4. The van der Waals surface area contributed by atoms with Gasteiger partial charge in [0.2, 0.25) is 5.91 Å². The van der Waals surface area contributed by atoms with E-state index in [1.807, 2.05) is 13.8 Å². The Hall–Kier alpha value is -7.03. The second-order valence-electron chi connectivity index (χ2n) is 27.2. The molecule has 98 heavy (non-hydrogen) atoms. The average Bonchev–Trinajstić information content (AvgIpc) is 0.891. The molecule has 1 amide bonds. The fourth-order valence-corrected chi connectivity index (χ4v) is 15.7. The normalized spacial score (nSPS) is 32.1. The quantitative estimate of drug-likeness (QED) is 0.0558. The number of ketones is 5. The Bertz CT molecular complexity index is 3860. The number of aromatic hydroxyl groups is 2. The Balaban J connectivity index is 0.000000188. The minimum atomic E-state index is -1.99. The lowest BCUT2D eigenvalue weighted by molar-refractivity contribution is -0.272. The van der Waals surface area contributed by atoms with Gasteiger partial charge in [0, 0.05) is 123 Å². The second-order valence-corrected chi connectivity index (χ2v) is 27.2. The predicted molar refractivity (Wildman–Crippen MR) is 344 cm³/mol. The molecule has 0 unspecified atom stereocenters. The van der Waals surface area contributed by atoms with Crippen molar-refractivity contribution in [2.24, 2.45) is 16.9 Å². The maximum Gasteiger partial charge on any atom is 0.242 e. The van der Waals surface area contributed by atoms with Gasteiger partial charge in [-0.3, -0.25) is 38.6 Å². The van der Waals surface area contributed by atoms with Crippen molar-refractivity contribution in [2.75, 3.05) is 61.3 Å². The van der Waals surface area contributed by atoms with Crippen molar-refractivity contribution in [2.45, 2.75) is 184 Å². The molecule has 16 atom stereocenters. The molecule has 0 spiro atoms. The number of amides is 1. The third-order valence-corrected chi connectivity index (χ3v) is 20.7. The van der Waals surface area contributed by atoms with E-state index in [2.05, 4.69) is 20.3 Å². The summed E-state index contributed by atoms with van der Waals surface area (Å²) in [7, 11) is 5.95. The molecule has 0 radical (unpaired) electrons. The van der Waals surface area contributed by atoms with Crippen LogP contribution in [0.4, 0.5) is 0 Å². The van der Waals surface area contributed by atoms with Crippen molar-refractivity contribution in [3.8, 4) is 23.0 Å². The minimum Gasteiger partial charge on any atom is -0.507 e. The number of aliphatic hydroxyl groups excluding tert-OH is 2. The Morgan fingerprint density at radius 2 is 1.13 bits per heavy atom. The third-order valence-electron chi connectivity index (χ3n) is 20.7. The van der Waals surface area contributed by atoms with Crippen LogP contribution in [0.5, 0.6) is 23.0 Å². The molecule has 9 aliphatic rings. The first-order valence-electron chi connectivity index (χ1n) is 33.2. The van der Waals surface area contributed by atoms with Crippen molar-refractivity contribution in [3.05, 3.63) is 115 Å². The molecular weight excluding hydrogens is 1280 g/mol. The molecule has 0 aromatic heterocycles. The van der Waals surface area contributed by atoms with Crippen LogP contribution >= 0.6 is 0 Å². The van der Waals surface area contributed by atoms with E-state index in [4.69, 9.17) is 52.1 Å². The van der Waals surface area contributed by atoms with Gasteiger partial charge in [-0.05, 0) is 56.2 Å². The van der Waals surface area contributed by atoms with Crippen LogP contribution in [-0.2, 0) is 65.1 Å². The van der Waals surface area contributed by atoms with Crippen LogP contribution < -0.4 is 14.9 Å². The van der Waals surface area contributed by atoms with Gasteiger partial charge in [0.25, 0.3) is 0 Å². The Kier molecular flexibility index (Phi) is 20.1. The number of hydrogen-bond acceptors (Lipinski definition) is 26. The van der Waals surface area contributed by atoms with Crippen LogP contribution in [-0.4, -0.2) is 227 Å². The van der Waals surface area contributed by atoms with E-state index in [-0.39, 0.29) is 129 Å². The van der Waals surface area contributed by atoms with Gasteiger partial charge in [-0.15, -0.1) is 0 Å². The fraction of sp³-hybridized carbons (Fsp3) is 0.563. The number of nitrogens with one attached hydrogen (secondary N) is 1. The van der Waals surface area contributed by atoms with Gasteiger partial charge < -0.3 is 82.7 Å². The van der Waals surface area contributed by atoms with Gasteiger partial charge in [0.15, 0.2) is 60.3 Å². The topological polar surface area (TPSA) is 356 Å². The van der Waals surface area contributed by atoms with E-state index in [0.29, 0.717) is 43.9 Å². The van der Waals surface area contributed by atoms with E-state index < -0.39 is 138 Å². The number of fused-ring (bicyclic) bond motifs is 9. The maximum atomic E-state index is 14.0. The van der Waals surface area contributed by atoms with Crippen molar-refractivity contribution >= 4 is 40.5 Å². The summed E-state index contributed by atoms with van der Waals surface area (Å²) in [5, 5.41) is 73.4. The zero-order chi connectivity index (χ0) is 70.3. The van der Waals surface area contributed by atoms with E-state index in [1.165, 1.54) is 32.4 Å². The number of morpholine rings is 2. The van der Waals surface area contributed by atoms with Gasteiger partial charge in [0.05, 0.1) is 98.6 Å². The first-order chi connectivity index (χ1) is 46.7. The molecule has 528 valence electrons. The zero-order valence-corrected chi connectivity index (χ0v) is 56.6. The number of Topliss-reactive ketones (excluding diaryl/α,β-unsaturated/α-hetero) is 1. The molecular formula is C71H86N4O23. The molecule has 27 nitrogen and oxygen atoms in total. The monoisotopic (exact) mass is 1360 g/mol. The average molecular weight is 1360 g/mol. The maximum absolute atomic E-state index is 14.0. The first-order valence-corrected chi connectivity index (χ1v) is 33.2. The molecule has 7 N–H and O–H groups in total. The zero-order valence-electron chi connectivity index (χ0n) is 56.6. The largest absolute Gasteiger partial charge is 0.507 e. The van der Waals surface area contributed by atoms with Gasteiger partial charge in [-0.2, -0.15) is 5.10 Å². The van der Waals surface area contributed by atoms with Crippen molar-refractivity contribution in [3.63, 3.8) is 0 Å². The molecule has 5 aliphatic heterocycles. The standard InChI is InChI=1S/C37H47N3O12.C34H39NO11/c1-17(2)35(46)39-38-27(16-41)37(47)14-23-21(12-22-30(34(23)45)32(43)20-8-7-9-25(48-5)29(20)33(22)44)26(15-37)52-28-13-24(31(42)19(4)51-28)40-10-11-50-36(49-6)18(40)3;1-15(2)31(39)34(40)13-20-18(11-19-26(29(20)38)27(36)17-7-6-8-22(41-4)25(17)28(19)37)23(14-34)45-24-12-21-30(16(3)44-24)46-32-33(42-5)43-10-9-35(21)32/h7-9,12,17-19,24,26,28,31,36,41-42,45,47H,10-11,13-16H2,1-6H3,(H,39,46);6-8,11,15-16,21,23-24,30,32-33,38,40H,9-10,12-14H2,1-5H3/b38-27+;/t18-,19+,24+,26+,28+,31-,36+,37+;16-,21-,23-,24-,30+,32+,33-,34-/m10/s1. The first kappa shape index (κ1) is 70.8. The highest BCUT2D eigenvalue weighted by Gasteiger charge is 2.56. The van der Waals surface area contributed by atoms with Gasteiger partial charge in [0.1, 0.15) is 40.3 Å². The van der Waals surface area contributed by atoms with Crippen molar-refractivity contribution < 1.29 is 112 Å². The summed E-state index contributed by atoms with van der Waals surface area (Å²) < 4.78 is 65.3. The van der Waals surface area contributed by atoms with Crippen LogP contribution in [0, 0.1) is 11.8 Å². The van der Waals surface area contributed by atoms with Gasteiger partial charge in [-0.25, -0.2) is 5.43 Å². The highest BCUT2D eigenvalue weighted by atomic mass is 16.7. The predicted octanol–water partition coefficient (Wildman–Crippen LogP) is 4.26. The van der Waals surface area contributed by atoms with Crippen LogP contribution in [0.1, 0.15) is 172 Å². The number of benzene rings is 4. The molecule has 13 rings (SSSR count). The molecule has 5 saturated heterocycles. The molecule has 4 aromatic rings. The summed E-state index contributed by atoms with van der Waals surface area (Å²) in [5.74, 6) is -4.48. The second kappa shape index (κ2) is 27.8. The molecule has 4 aromatic carbocycles. The fourth-order valence-electron chi connectivity index (χ4n) is 15.7. The number of carbonyl (C=O) groups is 6. The van der Waals surface area contributed by atoms with E-state index in [0.717, 1.165) is 0 Å². The van der Waals surface area contributed by atoms with Crippen molar-refractivity contribution in [1.82, 2.24) is 15.2 Å². The van der Waals surface area contributed by atoms with E-state index in [9.17, 15) is 59.4 Å². The minimum absolute atomic E-state index is 0.0106. The SMILES string of the molecule is COc1cccc2c1C(=O)c1cc3c(c(O)c1C2=O)C[C@@](O)(/C(CO)=N/NC(=O)C(C)C)C[C@@H]3O[C@H]1C[C@H](N2CCO[C@H](OC)[C@H]2C)[C@H](O)[C@H](C)O1.COc1cccc2c1C(=O)c1cc3c(c(O)c1C2=O)C[C@@](O)(C(=O)C(C)C)C[C@@H]3O[C@H]1C[C@H]2[C@H](O[C@@H]3[C@@H](OC)OCCN32)[C@H](C)O1. The summed E-state index contributed by atoms with van der Waals surface area (Å²) in [6.45, 7) is 13.6. The van der Waals surface area contributed by atoms with Gasteiger partial charge >= 0.3 is 0 Å². The van der Waals surface area contributed by atoms with E-state index >= 15 is 0 Å². The number of methoxy groups -OCH3 is 4. The Morgan fingerprint density at radius 3 is 1.64 bits per heavy atom. The number of phenolic OH excluding ortho intramolecular Hbond substituents is 2. The van der Waals surface area contributed by atoms with Crippen LogP contribution in [0.2, 0.25) is 0 Å². The smallest absolute Gasteiger partial charge is 0.242 e. The summed E-state index contributed by atoms with van der Waals surface area (Å²) >= 11 is 0. The highest BCUT2D eigenvalue weighted by molar-refractivity contribution is 6.31. The summed E-state index contributed by atoms with van der Waals surface area (Å²) in [6.07, 6.45) is -7.71. The number of nitrogens with zero attached hydrogens (tertiary/aromatic N) is 3. The van der Waals surface area contributed by atoms with Crippen LogP contribution in [0.3, 0.4) is 0 Å². The summed E-state index contributed by atoms with van der Waals surface area (Å²) in [6, 6.07) is 11.7. The number of hydrazone groups is 1. The van der Waals surface area contributed by atoms with Crippen LogP contribution in [0.25, 0.3) is 0 Å². The molecule has 0 saturated carbocycles. The third kappa shape index (κ3) is 12.4. The lowest BCUT2D eigenvalue weighted by atomic mass is 9.71. The molecule has 5 heterocycles. The molecule has 5 fully saturated rings. The molecule has 27 heteroatoms. The highest BCUT2D eigenvalue weighted by Crippen LogP contribution is 2.52.